The number of hydrogen-bond acceptors (Lipinski definition) is 3. The van der Waals surface area contributed by atoms with E-state index < -0.39 is 0 Å². The lowest BCUT2D eigenvalue weighted by Gasteiger charge is -2.43. The van der Waals surface area contributed by atoms with Crippen molar-refractivity contribution in [3.8, 4) is 0 Å². The first-order chi connectivity index (χ1) is 8.83. The molecule has 18 heavy (non-hydrogen) atoms. The van der Waals surface area contributed by atoms with Crippen molar-refractivity contribution in [1.82, 2.24) is 0 Å². The van der Waals surface area contributed by atoms with E-state index >= 15 is 0 Å². The maximum atomic E-state index is 10.1. The first kappa shape index (κ1) is 14.8. The fourth-order valence-electron chi connectivity index (χ4n) is 3.54. The Labute approximate surface area is 118 Å². The SMILES string of the molecule is O[C@H]1CCCC2C(OCCOCCBr)CCCC21. The van der Waals surface area contributed by atoms with E-state index in [-0.39, 0.29) is 6.10 Å². The number of aliphatic hydroxyl groups is 1. The van der Waals surface area contributed by atoms with E-state index in [0.29, 0.717) is 31.2 Å². The predicted octanol–water partition coefficient (Wildman–Crippen LogP) is 2.74. The molecule has 0 heterocycles. The van der Waals surface area contributed by atoms with E-state index in [1.165, 1.54) is 19.3 Å². The average molecular weight is 321 g/mol. The fraction of sp³-hybridized carbons (Fsp3) is 1.00. The Balaban J connectivity index is 1.73. The Kier molecular flexibility index (Phi) is 6.42. The Morgan fingerprint density at radius 2 is 1.72 bits per heavy atom. The minimum atomic E-state index is -0.0835. The van der Waals surface area contributed by atoms with Crippen molar-refractivity contribution in [3.63, 3.8) is 0 Å². The van der Waals surface area contributed by atoms with Crippen molar-refractivity contribution < 1.29 is 14.6 Å². The van der Waals surface area contributed by atoms with Crippen molar-refractivity contribution in [1.29, 1.82) is 0 Å². The third-order valence-corrected chi connectivity index (χ3v) is 4.69. The number of halogens is 1. The molecule has 0 bridgehead atoms. The number of ether oxygens (including phenoxy) is 2. The van der Waals surface area contributed by atoms with E-state index in [9.17, 15) is 5.11 Å². The van der Waals surface area contributed by atoms with Gasteiger partial charge in [-0.25, -0.2) is 0 Å². The standard InChI is InChI=1S/C14H25BrO3/c15-7-8-17-9-10-18-14-6-2-3-11-12(14)4-1-5-13(11)16/h11-14,16H,1-10H2/t11?,12?,13-,14?/m0/s1. The van der Waals surface area contributed by atoms with Gasteiger partial charge in [0.25, 0.3) is 0 Å². The Bertz CT molecular complexity index is 237. The Hall–Kier alpha value is 0.360. The van der Waals surface area contributed by atoms with Gasteiger partial charge in [0.1, 0.15) is 0 Å². The third-order valence-electron chi connectivity index (χ3n) is 4.37. The van der Waals surface area contributed by atoms with E-state index in [1.807, 2.05) is 0 Å². The summed E-state index contributed by atoms with van der Waals surface area (Å²) in [6, 6.07) is 0. The maximum absolute atomic E-state index is 10.1. The van der Waals surface area contributed by atoms with Crippen LogP contribution in [0.15, 0.2) is 0 Å². The number of hydrogen-bond donors (Lipinski definition) is 1. The summed E-state index contributed by atoms with van der Waals surface area (Å²) >= 11 is 3.34. The van der Waals surface area contributed by atoms with Crippen LogP contribution in [0.4, 0.5) is 0 Å². The largest absolute Gasteiger partial charge is 0.393 e. The quantitative estimate of drug-likeness (QED) is 0.604. The maximum Gasteiger partial charge on any atom is 0.0704 e. The molecule has 2 saturated carbocycles. The molecule has 2 aliphatic carbocycles. The molecule has 0 aliphatic heterocycles. The van der Waals surface area contributed by atoms with Crippen molar-refractivity contribution in [2.24, 2.45) is 11.8 Å². The summed E-state index contributed by atoms with van der Waals surface area (Å²) in [6.45, 7) is 2.12. The minimum Gasteiger partial charge on any atom is -0.393 e. The molecule has 3 unspecified atom stereocenters. The second-order valence-corrected chi connectivity index (χ2v) is 6.26. The summed E-state index contributed by atoms with van der Waals surface area (Å²) in [4.78, 5) is 0. The summed E-state index contributed by atoms with van der Waals surface area (Å²) in [5.41, 5.74) is 0. The molecule has 1 N–H and O–H groups in total. The number of aliphatic hydroxyl groups excluding tert-OH is 1. The van der Waals surface area contributed by atoms with E-state index in [1.54, 1.807) is 0 Å². The minimum absolute atomic E-state index is 0.0835. The average Bonchev–Trinajstić information content (AvgIpc) is 2.39. The second-order valence-electron chi connectivity index (χ2n) is 5.47. The molecule has 4 atom stereocenters. The molecule has 2 aliphatic rings. The van der Waals surface area contributed by atoms with Gasteiger partial charge in [0.05, 0.1) is 32.0 Å². The van der Waals surface area contributed by atoms with Crippen molar-refractivity contribution in [2.45, 2.75) is 50.7 Å². The molecule has 0 amide bonds. The summed E-state index contributed by atoms with van der Waals surface area (Å²) in [5, 5.41) is 11.0. The first-order valence-corrected chi connectivity index (χ1v) is 8.38. The molecule has 0 aromatic carbocycles. The van der Waals surface area contributed by atoms with E-state index in [4.69, 9.17) is 9.47 Å². The monoisotopic (exact) mass is 320 g/mol. The van der Waals surface area contributed by atoms with E-state index in [2.05, 4.69) is 15.9 Å². The van der Waals surface area contributed by atoms with Crippen molar-refractivity contribution in [2.75, 3.05) is 25.2 Å². The zero-order valence-electron chi connectivity index (χ0n) is 11.0. The Morgan fingerprint density at radius 1 is 0.944 bits per heavy atom. The molecule has 0 radical (unpaired) electrons. The zero-order valence-corrected chi connectivity index (χ0v) is 12.6. The molecule has 0 saturated heterocycles. The van der Waals surface area contributed by atoms with Gasteiger partial charge in [-0.05, 0) is 37.5 Å². The number of fused-ring (bicyclic) bond motifs is 1. The number of alkyl halides is 1. The van der Waals surface area contributed by atoms with Crippen LogP contribution in [0.25, 0.3) is 0 Å². The lowest BCUT2D eigenvalue weighted by molar-refractivity contribution is -0.0932. The smallest absolute Gasteiger partial charge is 0.0704 e. The first-order valence-electron chi connectivity index (χ1n) is 7.26. The highest BCUT2D eigenvalue weighted by molar-refractivity contribution is 9.09. The van der Waals surface area contributed by atoms with Crippen LogP contribution < -0.4 is 0 Å². The summed E-state index contributed by atoms with van der Waals surface area (Å²) in [5.74, 6) is 1.07. The van der Waals surface area contributed by atoms with Crippen LogP contribution in [-0.2, 0) is 9.47 Å². The normalized spacial score (nSPS) is 36.3. The second kappa shape index (κ2) is 7.83. The van der Waals surface area contributed by atoms with Crippen LogP contribution in [0.5, 0.6) is 0 Å². The van der Waals surface area contributed by atoms with Gasteiger partial charge in [0.15, 0.2) is 0 Å². The molecule has 0 spiro atoms. The van der Waals surface area contributed by atoms with Gasteiger partial charge in [-0.2, -0.15) is 0 Å². The molecule has 106 valence electrons. The molecule has 3 nitrogen and oxygen atoms in total. The van der Waals surface area contributed by atoms with Crippen molar-refractivity contribution >= 4 is 15.9 Å². The van der Waals surface area contributed by atoms with Crippen LogP contribution >= 0.6 is 15.9 Å². The summed E-state index contributed by atoms with van der Waals surface area (Å²) in [7, 11) is 0. The molecule has 4 heteroatoms. The van der Waals surface area contributed by atoms with E-state index in [0.717, 1.165) is 31.2 Å². The molecule has 2 fully saturated rings. The van der Waals surface area contributed by atoms with Gasteiger partial charge in [-0.3, -0.25) is 0 Å². The molecular weight excluding hydrogens is 296 g/mol. The zero-order chi connectivity index (χ0) is 12.8. The van der Waals surface area contributed by atoms with Crippen LogP contribution in [0.1, 0.15) is 38.5 Å². The van der Waals surface area contributed by atoms with Gasteiger partial charge >= 0.3 is 0 Å². The van der Waals surface area contributed by atoms with Crippen LogP contribution in [-0.4, -0.2) is 42.5 Å². The van der Waals surface area contributed by atoms with Gasteiger partial charge in [-0.1, -0.05) is 28.8 Å². The van der Waals surface area contributed by atoms with Gasteiger partial charge in [0.2, 0.25) is 0 Å². The highest BCUT2D eigenvalue weighted by atomic mass is 79.9. The van der Waals surface area contributed by atoms with Crippen LogP contribution in [0.3, 0.4) is 0 Å². The van der Waals surface area contributed by atoms with Crippen LogP contribution in [0.2, 0.25) is 0 Å². The molecular formula is C14H25BrO3. The van der Waals surface area contributed by atoms with Gasteiger partial charge in [0, 0.05) is 5.33 Å². The molecule has 0 aromatic rings. The fourth-order valence-corrected chi connectivity index (χ4v) is 3.76. The van der Waals surface area contributed by atoms with Crippen LogP contribution in [0, 0.1) is 11.8 Å². The lowest BCUT2D eigenvalue weighted by Crippen LogP contribution is -2.43. The predicted molar refractivity (Wildman–Crippen MR) is 75.0 cm³/mol. The molecule has 0 aromatic heterocycles. The Morgan fingerprint density at radius 3 is 2.56 bits per heavy atom. The highest BCUT2D eigenvalue weighted by Crippen LogP contribution is 2.41. The third kappa shape index (κ3) is 3.92. The number of rotatable bonds is 6. The highest BCUT2D eigenvalue weighted by Gasteiger charge is 2.39. The lowest BCUT2D eigenvalue weighted by atomic mass is 9.68. The van der Waals surface area contributed by atoms with Crippen molar-refractivity contribution in [3.05, 3.63) is 0 Å². The summed E-state index contributed by atoms with van der Waals surface area (Å²) < 4.78 is 11.4. The van der Waals surface area contributed by atoms with Gasteiger partial charge in [-0.15, -0.1) is 0 Å². The van der Waals surface area contributed by atoms with Gasteiger partial charge < -0.3 is 14.6 Å². The summed E-state index contributed by atoms with van der Waals surface area (Å²) in [6.07, 6.45) is 7.19. The molecule has 2 rings (SSSR count). The topological polar surface area (TPSA) is 38.7 Å².